The number of benzene rings is 2. The van der Waals surface area contributed by atoms with Crippen LogP contribution in [0.15, 0.2) is 65.3 Å². The van der Waals surface area contributed by atoms with Gasteiger partial charge in [-0.05, 0) is 41.1 Å². The van der Waals surface area contributed by atoms with Gasteiger partial charge in [-0.3, -0.25) is 4.79 Å². The standard InChI is InChI=1S/C19H18N2OS2/c1-21(2)16-10-8-14(9-11-16)12-17-18(22)24-19(20-17)23-13-15-6-4-3-5-7-15/h3-12H,13H2,1-2H3. The Hall–Kier alpha value is -1.98. The molecule has 1 heterocycles. The van der Waals surface area contributed by atoms with Gasteiger partial charge in [0, 0.05) is 25.5 Å². The molecule has 0 radical (unpaired) electrons. The van der Waals surface area contributed by atoms with Gasteiger partial charge in [0.05, 0.1) is 0 Å². The highest BCUT2D eigenvalue weighted by atomic mass is 32.2. The van der Waals surface area contributed by atoms with E-state index in [2.05, 4.69) is 17.1 Å². The lowest BCUT2D eigenvalue weighted by Crippen LogP contribution is -2.07. The summed E-state index contributed by atoms with van der Waals surface area (Å²) < 4.78 is 0.819. The van der Waals surface area contributed by atoms with Gasteiger partial charge in [-0.1, -0.05) is 54.2 Å². The minimum absolute atomic E-state index is 0.0160. The zero-order valence-electron chi connectivity index (χ0n) is 13.6. The van der Waals surface area contributed by atoms with Crippen LogP contribution < -0.4 is 4.90 Å². The molecule has 122 valence electrons. The van der Waals surface area contributed by atoms with Gasteiger partial charge in [0.2, 0.25) is 5.12 Å². The number of rotatable bonds is 4. The maximum atomic E-state index is 12.1. The maximum absolute atomic E-state index is 12.1. The summed E-state index contributed by atoms with van der Waals surface area (Å²) in [6, 6.07) is 18.3. The molecule has 0 saturated heterocycles. The highest BCUT2D eigenvalue weighted by Gasteiger charge is 2.22. The van der Waals surface area contributed by atoms with E-state index in [4.69, 9.17) is 0 Å². The van der Waals surface area contributed by atoms with Gasteiger partial charge in [0.25, 0.3) is 0 Å². The normalized spacial score (nSPS) is 15.7. The van der Waals surface area contributed by atoms with Crippen molar-refractivity contribution in [3.8, 4) is 0 Å². The van der Waals surface area contributed by atoms with Gasteiger partial charge in [-0.2, -0.15) is 0 Å². The number of anilines is 1. The summed E-state index contributed by atoms with van der Waals surface area (Å²) >= 11 is 2.82. The van der Waals surface area contributed by atoms with Crippen molar-refractivity contribution in [3.05, 3.63) is 71.4 Å². The summed E-state index contributed by atoms with van der Waals surface area (Å²) in [4.78, 5) is 18.7. The van der Waals surface area contributed by atoms with E-state index < -0.39 is 0 Å². The zero-order valence-corrected chi connectivity index (χ0v) is 15.2. The van der Waals surface area contributed by atoms with Crippen LogP contribution in [-0.4, -0.2) is 23.6 Å². The summed E-state index contributed by atoms with van der Waals surface area (Å²) in [5.41, 5.74) is 3.87. The molecule has 0 bridgehead atoms. The molecule has 0 aromatic heterocycles. The fourth-order valence-electron chi connectivity index (χ4n) is 2.20. The molecule has 3 nitrogen and oxygen atoms in total. The third-order valence-electron chi connectivity index (χ3n) is 3.52. The number of hydrogen-bond donors (Lipinski definition) is 0. The Kier molecular flexibility index (Phi) is 5.43. The van der Waals surface area contributed by atoms with E-state index in [1.165, 1.54) is 17.3 Å². The van der Waals surface area contributed by atoms with Crippen LogP contribution in [0, 0.1) is 0 Å². The second-order valence-corrected chi connectivity index (χ2v) is 7.74. The number of hydrogen-bond acceptors (Lipinski definition) is 5. The fraction of sp³-hybridized carbons (Fsp3) is 0.158. The van der Waals surface area contributed by atoms with Crippen LogP contribution in [0.2, 0.25) is 0 Å². The minimum atomic E-state index is 0.0160. The third-order valence-corrected chi connectivity index (χ3v) is 5.60. The van der Waals surface area contributed by atoms with Crippen molar-refractivity contribution in [2.75, 3.05) is 19.0 Å². The number of nitrogens with zero attached hydrogens (tertiary/aromatic N) is 2. The number of carbonyl (C=O) groups is 1. The molecule has 0 aliphatic carbocycles. The first-order chi connectivity index (χ1) is 11.6. The SMILES string of the molecule is CN(C)c1ccc(C=C2N=C(SCc3ccccc3)SC2=O)cc1. The lowest BCUT2D eigenvalue weighted by molar-refractivity contribution is -0.107. The molecule has 2 aromatic carbocycles. The molecule has 0 N–H and O–H groups in total. The summed E-state index contributed by atoms with van der Waals surface area (Å²) in [6.45, 7) is 0. The second kappa shape index (κ2) is 7.73. The van der Waals surface area contributed by atoms with Crippen LogP contribution in [0.3, 0.4) is 0 Å². The molecule has 0 spiro atoms. The Balaban J connectivity index is 1.69. The van der Waals surface area contributed by atoms with Crippen molar-refractivity contribution in [2.24, 2.45) is 4.99 Å². The second-order valence-electron chi connectivity index (χ2n) is 5.56. The summed E-state index contributed by atoms with van der Waals surface area (Å²) in [5.74, 6) is 0.824. The van der Waals surface area contributed by atoms with Gasteiger partial charge in [0.15, 0.2) is 0 Å². The molecule has 0 fully saturated rings. The molecule has 0 saturated carbocycles. The van der Waals surface area contributed by atoms with Crippen molar-refractivity contribution in [3.63, 3.8) is 0 Å². The Bertz CT molecular complexity index is 781. The molecule has 2 aromatic rings. The molecular formula is C19H18N2OS2. The first kappa shape index (κ1) is 16.9. The van der Waals surface area contributed by atoms with Crippen LogP contribution in [0.5, 0.6) is 0 Å². The molecule has 0 amide bonds. The molecular weight excluding hydrogens is 336 g/mol. The first-order valence-electron chi connectivity index (χ1n) is 7.58. The third kappa shape index (κ3) is 4.30. The zero-order chi connectivity index (χ0) is 16.9. The highest BCUT2D eigenvalue weighted by Crippen LogP contribution is 2.32. The van der Waals surface area contributed by atoms with Crippen LogP contribution in [-0.2, 0) is 10.5 Å². The van der Waals surface area contributed by atoms with E-state index in [1.807, 2.05) is 67.5 Å². The molecule has 1 aliphatic rings. The van der Waals surface area contributed by atoms with E-state index in [1.54, 1.807) is 11.8 Å². The predicted octanol–water partition coefficient (Wildman–Crippen LogP) is 4.66. The van der Waals surface area contributed by atoms with Crippen molar-refractivity contribution in [2.45, 2.75) is 5.75 Å². The summed E-state index contributed by atoms with van der Waals surface area (Å²) in [7, 11) is 4.01. The number of thioether (sulfide) groups is 2. The number of carbonyl (C=O) groups excluding carboxylic acids is 1. The lowest BCUT2D eigenvalue weighted by atomic mass is 10.1. The van der Waals surface area contributed by atoms with Gasteiger partial charge >= 0.3 is 0 Å². The molecule has 24 heavy (non-hydrogen) atoms. The molecule has 5 heteroatoms. The van der Waals surface area contributed by atoms with Crippen LogP contribution >= 0.6 is 23.5 Å². The predicted molar refractivity (Wildman–Crippen MR) is 107 cm³/mol. The molecule has 1 aliphatic heterocycles. The molecule has 3 rings (SSSR count). The minimum Gasteiger partial charge on any atom is -0.378 e. The van der Waals surface area contributed by atoms with Crippen molar-refractivity contribution >= 4 is 44.8 Å². The largest absolute Gasteiger partial charge is 0.378 e. The smallest absolute Gasteiger partial charge is 0.244 e. The topological polar surface area (TPSA) is 32.7 Å². The number of aliphatic imine (C=N–C) groups is 1. The Morgan fingerprint density at radius 3 is 2.46 bits per heavy atom. The van der Waals surface area contributed by atoms with Gasteiger partial charge < -0.3 is 4.90 Å². The first-order valence-corrected chi connectivity index (χ1v) is 9.39. The van der Waals surface area contributed by atoms with Gasteiger partial charge in [-0.25, -0.2) is 4.99 Å². The fourth-order valence-corrected chi connectivity index (χ4v) is 3.99. The highest BCUT2D eigenvalue weighted by molar-refractivity contribution is 8.45. The van der Waals surface area contributed by atoms with Crippen molar-refractivity contribution in [1.82, 2.24) is 0 Å². The van der Waals surface area contributed by atoms with E-state index in [-0.39, 0.29) is 5.12 Å². The van der Waals surface area contributed by atoms with Gasteiger partial charge in [0.1, 0.15) is 10.1 Å². The maximum Gasteiger partial charge on any atom is 0.244 e. The van der Waals surface area contributed by atoms with Crippen LogP contribution in [0.25, 0.3) is 6.08 Å². The van der Waals surface area contributed by atoms with Crippen molar-refractivity contribution in [1.29, 1.82) is 0 Å². The quantitative estimate of drug-likeness (QED) is 0.748. The van der Waals surface area contributed by atoms with Crippen LogP contribution in [0.1, 0.15) is 11.1 Å². The van der Waals surface area contributed by atoms with E-state index in [0.717, 1.165) is 21.4 Å². The Labute approximate surface area is 150 Å². The van der Waals surface area contributed by atoms with E-state index in [9.17, 15) is 4.79 Å². The van der Waals surface area contributed by atoms with Gasteiger partial charge in [-0.15, -0.1) is 0 Å². The monoisotopic (exact) mass is 354 g/mol. The Morgan fingerprint density at radius 1 is 1.08 bits per heavy atom. The van der Waals surface area contributed by atoms with E-state index >= 15 is 0 Å². The average Bonchev–Trinajstić information content (AvgIpc) is 2.94. The molecule has 0 unspecified atom stereocenters. The lowest BCUT2D eigenvalue weighted by Gasteiger charge is -2.11. The van der Waals surface area contributed by atoms with E-state index in [0.29, 0.717) is 5.70 Å². The Morgan fingerprint density at radius 2 is 1.79 bits per heavy atom. The van der Waals surface area contributed by atoms with Crippen LogP contribution in [0.4, 0.5) is 5.69 Å². The summed E-state index contributed by atoms with van der Waals surface area (Å²) in [5, 5.41) is 0.0160. The summed E-state index contributed by atoms with van der Waals surface area (Å²) in [6.07, 6.45) is 1.85. The molecule has 0 atom stereocenters. The van der Waals surface area contributed by atoms with Crippen molar-refractivity contribution < 1.29 is 4.79 Å². The average molecular weight is 354 g/mol.